The first-order valence-corrected chi connectivity index (χ1v) is 7.17. The van der Waals surface area contributed by atoms with Gasteiger partial charge in [-0.3, -0.25) is 4.90 Å². The molecule has 104 valence electrons. The van der Waals surface area contributed by atoms with Crippen molar-refractivity contribution in [1.29, 1.82) is 0 Å². The molecular weight excluding hydrogens is 258 g/mol. The van der Waals surface area contributed by atoms with E-state index in [9.17, 15) is 0 Å². The van der Waals surface area contributed by atoms with Crippen LogP contribution in [0.25, 0.3) is 0 Å². The van der Waals surface area contributed by atoms with Crippen LogP contribution in [0.15, 0.2) is 30.4 Å². The smallest absolute Gasteiger partial charge is 0.0668 e. The van der Waals surface area contributed by atoms with Crippen LogP contribution < -0.4 is 10.6 Å². The third kappa shape index (κ3) is 3.72. The SMILES string of the molecule is Cc1cccc(N2CCN(C/C=C/CN)CC2)c1Cl. The number of aryl methyl sites for hydroxylation is 1. The number of halogens is 1. The monoisotopic (exact) mass is 279 g/mol. The lowest BCUT2D eigenvalue weighted by molar-refractivity contribution is 0.284. The highest BCUT2D eigenvalue weighted by molar-refractivity contribution is 6.34. The average molecular weight is 280 g/mol. The summed E-state index contributed by atoms with van der Waals surface area (Å²) in [6, 6.07) is 6.24. The first-order chi connectivity index (χ1) is 9.22. The Kier molecular flexibility index (Phi) is 5.25. The predicted molar refractivity (Wildman–Crippen MR) is 83.0 cm³/mol. The normalized spacial score (nSPS) is 17.3. The van der Waals surface area contributed by atoms with Gasteiger partial charge in [0.1, 0.15) is 0 Å². The molecule has 0 aromatic heterocycles. The fourth-order valence-electron chi connectivity index (χ4n) is 2.37. The Balaban J connectivity index is 1.92. The number of anilines is 1. The van der Waals surface area contributed by atoms with Gasteiger partial charge in [0.05, 0.1) is 10.7 Å². The molecule has 1 saturated heterocycles. The van der Waals surface area contributed by atoms with Crippen molar-refractivity contribution in [2.45, 2.75) is 6.92 Å². The summed E-state index contributed by atoms with van der Waals surface area (Å²) in [5, 5.41) is 0.888. The average Bonchev–Trinajstić information content (AvgIpc) is 2.43. The van der Waals surface area contributed by atoms with Crippen LogP contribution in [0.5, 0.6) is 0 Å². The van der Waals surface area contributed by atoms with Crippen molar-refractivity contribution >= 4 is 17.3 Å². The van der Waals surface area contributed by atoms with E-state index in [1.807, 2.05) is 6.08 Å². The van der Waals surface area contributed by atoms with Crippen LogP contribution >= 0.6 is 11.6 Å². The summed E-state index contributed by atoms with van der Waals surface area (Å²) in [7, 11) is 0. The zero-order valence-corrected chi connectivity index (χ0v) is 12.2. The van der Waals surface area contributed by atoms with Crippen LogP contribution in [0.1, 0.15) is 5.56 Å². The van der Waals surface area contributed by atoms with Gasteiger partial charge in [0, 0.05) is 39.3 Å². The summed E-state index contributed by atoms with van der Waals surface area (Å²) in [6.07, 6.45) is 4.17. The van der Waals surface area contributed by atoms with Gasteiger partial charge in [0.25, 0.3) is 0 Å². The minimum absolute atomic E-state index is 0.624. The lowest BCUT2D eigenvalue weighted by Crippen LogP contribution is -2.46. The van der Waals surface area contributed by atoms with Crippen LogP contribution in [0.2, 0.25) is 5.02 Å². The van der Waals surface area contributed by atoms with Gasteiger partial charge in [0.2, 0.25) is 0 Å². The van der Waals surface area contributed by atoms with Crippen molar-refractivity contribution in [3.8, 4) is 0 Å². The Bertz CT molecular complexity index is 437. The maximum atomic E-state index is 6.39. The molecule has 1 aromatic rings. The molecule has 4 heteroatoms. The molecule has 0 amide bonds. The summed E-state index contributed by atoms with van der Waals surface area (Å²) in [5.74, 6) is 0. The van der Waals surface area contributed by atoms with Crippen LogP contribution in [0, 0.1) is 6.92 Å². The molecule has 0 atom stereocenters. The molecule has 0 aliphatic carbocycles. The number of rotatable bonds is 4. The van der Waals surface area contributed by atoms with Crippen molar-refractivity contribution in [3.63, 3.8) is 0 Å². The zero-order chi connectivity index (χ0) is 13.7. The molecule has 2 N–H and O–H groups in total. The van der Waals surface area contributed by atoms with E-state index >= 15 is 0 Å². The summed E-state index contributed by atoms with van der Waals surface area (Å²) < 4.78 is 0. The standard InChI is InChI=1S/C15H22ClN3/c1-13-5-4-6-14(15(13)16)19-11-9-18(10-12-19)8-3-2-7-17/h2-6H,7-12,17H2,1H3/b3-2+. The molecule has 19 heavy (non-hydrogen) atoms. The van der Waals surface area contributed by atoms with Crippen molar-refractivity contribution in [2.24, 2.45) is 5.73 Å². The maximum Gasteiger partial charge on any atom is 0.0668 e. The number of hydrogen-bond acceptors (Lipinski definition) is 3. The lowest BCUT2D eigenvalue weighted by Gasteiger charge is -2.36. The topological polar surface area (TPSA) is 32.5 Å². The van der Waals surface area contributed by atoms with E-state index in [-0.39, 0.29) is 0 Å². The number of piperazine rings is 1. The Hall–Kier alpha value is -1.03. The van der Waals surface area contributed by atoms with Crippen molar-refractivity contribution in [1.82, 2.24) is 4.90 Å². The minimum atomic E-state index is 0.624. The number of benzene rings is 1. The van der Waals surface area contributed by atoms with E-state index in [1.165, 1.54) is 5.69 Å². The molecule has 2 rings (SSSR count). The molecule has 0 spiro atoms. The summed E-state index contributed by atoms with van der Waals surface area (Å²) in [4.78, 5) is 4.81. The quantitative estimate of drug-likeness (QED) is 0.859. The van der Waals surface area contributed by atoms with Crippen molar-refractivity contribution in [3.05, 3.63) is 40.9 Å². The van der Waals surface area contributed by atoms with Gasteiger partial charge < -0.3 is 10.6 Å². The lowest BCUT2D eigenvalue weighted by atomic mass is 10.2. The van der Waals surface area contributed by atoms with E-state index in [1.54, 1.807) is 0 Å². The third-order valence-electron chi connectivity index (χ3n) is 3.55. The molecule has 3 nitrogen and oxygen atoms in total. The molecule has 1 aliphatic rings. The van der Waals surface area contributed by atoms with Crippen LogP contribution in [0.3, 0.4) is 0 Å². The second-order valence-corrected chi connectivity index (χ2v) is 5.28. The molecule has 1 aromatic carbocycles. The second-order valence-electron chi connectivity index (χ2n) is 4.90. The maximum absolute atomic E-state index is 6.39. The summed E-state index contributed by atoms with van der Waals surface area (Å²) in [6.45, 7) is 7.86. The first kappa shape index (κ1) is 14.4. The van der Waals surface area contributed by atoms with E-state index < -0.39 is 0 Å². The highest BCUT2D eigenvalue weighted by Gasteiger charge is 2.18. The molecule has 0 bridgehead atoms. The minimum Gasteiger partial charge on any atom is -0.368 e. The van der Waals surface area contributed by atoms with Gasteiger partial charge in [-0.1, -0.05) is 35.9 Å². The molecule has 1 heterocycles. The van der Waals surface area contributed by atoms with Gasteiger partial charge in [-0.25, -0.2) is 0 Å². The molecule has 0 saturated carbocycles. The Morgan fingerprint density at radius 2 is 1.95 bits per heavy atom. The Morgan fingerprint density at radius 3 is 2.63 bits per heavy atom. The van der Waals surface area contributed by atoms with E-state index in [0.29, 0.717) is 6.54 Å². The molecule has 1 aliphatic heterocycles. The molecule has 0 unspecified atom stereocenters. The third-order valence-corrected chi connectivity index (χ3v) is 4.04. The van der Waals surface area contributed by atoms with Gasteiger partial charge in [-0.05, 0) is 18.6 Å². The number of nitrogens with zero attached hydrogens (tertiary/aromatic N) is 2. The largest absolute Gasteiger partial charge is 0.368 e. The van der Waals surface area contributed by atoms with Gasteiger partial charge in [-0.2, -0.15) is 0 Å². The highest BCUT2D eigenvalue weighted by atomic mass is 35.5. The van der Waals surface area contributed by atoms with Gasteiger partial charge >= 0.3 is 0 Å². The van der Waals surface area contributed by atoms with Crippen molar-refractivity contribution < 1.29 is 0 Å². The predicted octanol–water partition coefficient (Wildman–Crippen LogP) is 2.29. The van der Waals surface area contributed by atoms with Gasteiger partial charge in [-0.15, -0.1) is 0 Å². The Morgan fingerprint density at radius 1 is 1.21 bits per heavy atom. The first-order valence-electron chi connectivity index (χ1n) is 6.80. The number of nitrogens with two attached hydrogens (primary N) is 1. The van der Waals surface area contributed by atoms with Crippen LogP contribution in [-0.4, -0.2) is 44.2 Å². The number of hydrogen-bond donors (Lipinski definition) is 1. The second kappa shape index (κ2) is 6.94. The molecular formula is C15H22ClN3. The van der Waals surface area contributed by atoms with Crippen LogP contribution in [-0.2, 0) is 0 Å². The fraction of sp³-hybridized carbons (Fsp3) is 0.467. The molecule has 1 fully saturated rings. The summed E-state index contributed by atoms with van der Waals surface area (Å²) in [5.41, 5.74) is 7.76. The van der Waals surface area contributed by atoms with E-state index in [2.05, 4.69) is 41.0 Å². The van der Waals surface area contributed by atoms with E-state index in [0.717, 1.165) is 43.3 Å². The Labute approximate surface area is 120 Å². The van der Waals surface area contributed by atoms with Crippen molar-refractivity contribution in [2.75, 3.05) is 44.2 Å². The van der Waals surface area contributed by atoms with Gasteiger partial charge in [0.15, 0.2) is 0 Å². The van der Waals surface area contributed by atoms with Crippen LogP contribution in [0.4, 0.5) is 5.69 Å². The van der Waals surface area contributed by atoms with E-state index in [4.69, 9.17) is 17.3 Å². The zero-order valence-electron chi connectivity index (χ0n) is 11.5. The fourth-order valence-corrected chi connectivity index (χ4v) is 2.61. The summed E-state index contributed by atoms with van der Waals surface area (Å²) >= 11 is 6.39. The highest BCUT2D eigenvalue weighted by Crippen LogP contribution is 2.29. The molecule has 0 radical (unpaired) electrons.